The SMILES string of the molecule is CC(=O)OCc1nc(Cc2ccc3ncc(Cl)cc3c2)cc(C(=O)O)c1C. The molecule has 2 aromatic heterocycles. The number of carbonyl (C=O) groups excluding carboxylic acids is 1. The van der Waals surface area contributed by atoms with Gasteiger partial charge in [-0.2, -0.15) is 0 Å². The molecule has 1 aromatic carbocycles. The second-order valence-electron chi connectivity index (χ2n) is 6.18. The van der Waals surface area contributed by atoms with Gasteiger partial charge >= 0.3 is 11.9 Å². The number of carboxylic acid groups (broad SMARTS) is 1. The molecule has 0 aliphatic rings. The molecule has 138 valence electrons. The van der Waals surface area contributed by atoms with Crippen LogP contribution >= 0.6 is 11.6 Å². The Morgan fingerprint density at radius 1 is 1.22 bits per heavy atom. The van der Waals surface area contributed by atoms with Crippen LogP contribution < -0.4 is 0 Å². The number of carbonyl (C=O) groups is 2. The van der Waals surface area contributed by atoms with Crippen molar-refractivity contribution in [1.29, 1.82) is 0 Å². The molecule has 3 rings (SSSR count). The van der Waals surface area contributed by atoms with Crippen molar-refractivity contribution in [3.63, 3.8) is 0 Å². The summed E-state index contributed by atoms with van der Waals surface area (Å²) in [6, 6.07) is 9.12. The lowest BCUT2D eigenvalue weighted by atomic mass is 10.0. The Morgan fingerprint density at radius 3 is 2.70 bits per heavy atom. The Hall–Kier alpha value is -2.99. The number of hydrogen-bond acceptors (Lipinski definition) is 5. The van der Waals surface area contributed by atoms with Gasteiger partial charge in [0.25, 0.3) is 0 Å². The van der Waals surface area contributed by atoms with E-state index in [2.05, 4.69) is 9.97 Å². The zero-order valence-electron chi connectivity index (χ0n) is 14.8. The number of hydrogen-bond donors (Lipinski definition) is 1. The molecule has 0 spiro atoms. The number of fused-ring (bicyclic) bond motifs is 1. The van der Waals surface area contributed by atoms with Crippen LogP contribution in [0, 0.1) is 6.92 Å². The van der Waals surface area contributed by atoms with Gasteiger partial charge in [0.2, 0.25) is 0 Å². The third-order valence-electron chi connectivity index (χ3n) is 4.17. The Morgan fingerprint density at radius 2 is 2.00 bits per heavy atom. The number of nitrogens with zero attached hydrogens (tertiary/aromatic N) is 2. The average molecular weight is 385 g/mol. The molecular weight excluding hydrogens is 368 g/mol. The van der Waals surface area contributed by atoms with Crippen molar-refractivity contribution in [2.75, 3.05) is 0 Å². The van der Waals surface area contributed by atoms with Gasteiger partial charge in [-0.05, 0) is 42.3 Å². The van der Waals surface area contributed by atoms with Crippen molar-refractivity contribution >= 4 is 34.4 Å². The molecule has 0 fully saturated rings. The molecule has 0 amide bonds. The Labute approximate surface area is 160 Å². The fourth-order valence-corrected chi connectivity index (χ4v) is 2.98. The van der Waals surface area contributed by atoms with Crippen molar-refractivity contribution in [3.05, 3.63) is 69.6 Å². The first-order valence-electron chi connectivity index (χ1n) is 8.23. The molecule has 0 atom stereocenters. The highest BCUT2D eigenvalue weighted by Gasteiger charge is 2.15. The number of ether oxygens (including phenoxy) is 1. The first kappa shape index (κ1) is 18.8. The Bertz CT molecular complexity index is 1050. The highest BCUT2D eigenvalue weighted by atomic mass is 35.5. The minimum absolute atomic E-state index is 0.0630. The van der Waals surface area contributed by atoms with E-state index in [-0.39, 0.29) is 12.2 Å². The van der Waals surface area contributed by atoms with Gasteiger partial charge in [0.05, 0.1) is 21.8 Å². The van der Waals surface area contributed by atoms with Crippen LogP contribution in [0.4, 0.5) is 0 Å². The number of esters is 1. The molecule has 0 bridgehead atoms. The first-order chi connectivity index (χ1) is 12.8. The lowest BCUT2D eigenvalue weighted by Crippen LogP contribution is -2.10. The number of aromatic carboxylic acids is 1. The van der Waals surface area contributed by atoms with Crippen LogP contribution in [-0.2, 0) is 22.6 Å². The topological polar surface area (TPSA) is 89.4 Å². The zero-order valence-corrected chi connectivity index (χ0v) is 15.6. The minimum atomic E-state index is -1.05. The third kappa shape index (κ3) is 4.41. The smallest absolute Gasteiger partial charge is 0.336 e. The predicted molar refractivity (Wildman–Crippen MR) is 101 cm³/mol. The summed E-state index contributed by atoms with van der Waals surface area (Å²) in [5.74, 6) is -1.49. The van der Waals surface area contributed by atoms with Gasteiger partial charge < -0.3 is 9.84 Å². The monoisotopic (exact) mass is 384 g/mol. The van der Waals surface area contributed by atoms with E-state index in [0.29, 0.717) is 28.4 Å². The number of rotatable bonds is 5. The fraction of sp³-hybridized carbons (Fsp3) is 0.200. The van der Waals surface area contributed by atoms with Gasteiger partial charge in [-0.1, -0.05) is 17.7 Å². The highest BCUT2D eigenvalue weighted by molar-refractivity contribution is 6.31. The van der Waals surface area contributed by atoms with Gasteiger partial charge in [0.15, 0.2) is 0 Å². The van der Waals surface area contributed by atoms with Crippen molar-refractivity contribution in [3.8, 4) is 0 Å². The average Bonchev–Trinajstić information content (AvgIpc) is 2.61. The summed E-state index contributed by atoms with van der Waals surface area (Å²) in [4.78, 5) is 31.4. The van der Waals surface area contributed by atoms with Gasteiger partial charge in [0.1, 0.15) is 6.61 Å². The van der Waals surface area contributed by atoms with E-state index in [0.717, 1.165) is 16.5 Å². The maximum Gasteiger partial charge on any atom is 0.336 e. The molecule has 0 aliphatic carbocycles. The molecule has 7 heteroatoms. The van der Waals surface area contributed by atoms with Crippen LogP contribution in [0.25, 0.3) is 10.9 Å². The Balaban J connectivity index is 1.98. The molecule has 27 heavy (non-hydrogen) atoms. The molecule has 0 saturated carbocycles. The predicted octanol–water partition coefficient (Wildman–Crippen LogP) is 3.94. The largest absolute Gasteiger partial charge is 0.478 e. The summed E-state index contributed by atoms with van der Waals surface area (Å²) < 4.78 is 5.00. The van der Waals surface area contributed by atoms with Crippen molar-refractivity contribution in [2.24, 2.45) is 0 Å². The summed E-state index contributed by atoms with van der Waals surface area (Å²) in [7, 11) is 0. The maximum absolute atomic E-state index is 11.6. The second kappa shape index (κ2) is 7.72. The molecule has 6 nitrogen and oxygen atoms in total. The van der Waals surface area contributed by atoms with E-state index in [4.69, 9.17) is 16.3 Å². The van der Waals surface area contributed by atoms with Gasteiger partial charge in [-0.3, -0.25) is 14.8 Å². The van der Waals surface area contributed by atoms with Crippen LogP contribution in [0.15, 0.2) is 36.5 Å². The van der Waals surface area contributed by atoms with Gasteiger partial charge in [0, 0.05) is 30.6 Å². The van der Waals surface area contributed by atoms with E-state index in [1.54, 1.807) is 19.2 Å². The molecule has 0 radical (unpaired) electrons. The van der Waals surface area contributed by atoms with E-state index < -0.39 is 11.9 Å². The standard InChI is InChI=1S/C20H17ClN2O4/c1-11-17(20(25)26)8-16(23-19(11)10-27-12(2)24)6-13-3-4-18-14(5-13)7-15(21)9-22-18/h3-5,7-9H,6,10H2,1-2H3,(H,25,26). The van der Waals surface area contributed by atoms with Crippen LogP contribution in [0.5, 0.6) is 0 Å². The lowest BCUT2D eigenvalue weighted by molar-refractivity contribution is -0.142. The molecule has 0 saturated heterocycles. The van der Waals surface area contributed by atoms with Crippen LogP contribution in [-0.4, -0.2) is 27.0 Å². The first-order valence-corrected chi connectivity index (χ1v) is 8.61. The number of pyridine rings is 2. The van der Waals surface area contributed by atoms with E-state index >= 15 is 0 Å². The number of carboxylic acids is 1. The molecule has 2 heterocycles. The molecule has 3 aromatic rings. The summed E-state index contributed by atoms with van der Waals surface area (Å²) in [6.07, 6.45) is 2.02. The minimum Gasteiger partial charge on any atom is -0.478 e. The fourth-order valence-electron chi connectivity index (χ4n) is 2.82. The third-order valence-corrected chi connectivity index (χ3v) is 4.37. The van der Waals surface area contributed by atoms with Crippen molar-refractivity contribution in [1.82, 2.24) is 9.97 Å². The molecule has 1 N–H and O–H groups in total. The highest BCUT2D eigenvalue weighted by Crippen LogP contribution is 2.21. The summed E-state index contributed by atoms with van der Waals surface area (Å²) in [5.41, 5.74) is 3.41. The summed E-state index contributed by atoms with van der Waals surface area (Å²) >= 11 is 6.00. The quantitative estimate of drug-likeness (QED) is 0.670. The zero-order chi connectivity index (χ0) is 19.6. The maximum atomic E-state index is 11.6. The Kier molecular flexibility index (Phi) is 5.37. The van der Waals surface area contributed by atoms with Crippen molar-refractivity contribution < 1.29 is 19.4 Å². The van der Waals surface area contributed by atoms with E-state index in [1.165, 1.54) is 6.92 Å². The normalized spacial score (nSPS) is 10.8. The van der Waals surface area contributed by atoms with E-state index in [9.17, 15) is 14.7 Å². The van der Waals surface area contributed by atoms with Gasteiger partial charge in [-0.15, -0.1) is 0 Å². The lowest BCUT2D eigenvalue weighted by Gasteiger charge is -2.12. The summed E-state index contributed by atoms with van der Waals surface area (Å²) in [5, 5.41) is 10.9. The number of aromatic nitrogens is 2. The molecular formula is C20H17ClN2O4. The van der Waals surface area contributed by atoms with Gasteiger partial charge in [-0.25, -0.2) is 4.79 Å². The van der Waals surface area contributed by atoms with Crippen molar-refractivity contribution in [2.45, 2.75) is 26.9 Å². The van der Waals surface area contributed by atoms with E-state index in [1.807, 2.05) is 24.3 Å². The number of benzene rings is 1. The molecule has 0 unspecified atom stereocenters. The van der Waals surface area contributed by atoms with Crippen LogP contribution in [0.3, 0.4) is 0 Å². The molecule has 0 aliphatic heterocycles. The summed E-state index contributed by atoms with van der Waals surface area (Å²) in [6.45, 7) is 2.89. The van der Waals surface area contributed by atoms with Crippen LogP contribution in [0.1, 0.15) is 39.8 Å². The van der Waals surface area contributed by atoms with Crippen LogP contribution in [0.2, 0.25) is 5.02 Å². The number of halogens is 1. The second-order valence-corrected chi connectivity index (χ2v) is 6.61.